The number of carbonyl (C=O) groups is 1. The summed E-state index contributed by atoms with van der Waals surface area (Å²) in [7, 11) is 0. The van der Waals surface area contributed by atoms with Crippen LogP contribution in [0.5, 0.6) is 0 Å². The van der Waals surface area contributed by atoms with Gasteiger partial charge in [-0.05, 0) is 71.0 Å². The first-order chi connectivity index (χ1) is 18.7. The van der Waals surface area contributed by atoms with Crippen LogP contribution < -0.4 is 5.32 Å². The van der Waals surface area contributed by atoms with Gasteiger partial charge in [-0.25, -0.2) is 9.97 Å². The molecule has 188 valence electrons. The Morgan fingerprint density at radius 1 is 1.11 bits per heavy atom. The van der Waals surface area contributed by atoms with Crippen molar-refractivity contribution >= 4 is 45.0 Å². The maximum atomic E-state index is 12.6. The first kappa shape index (κ1) is 22.8. The van der Waals surface area contributed by atoms with Gasteiger partial charge in [-0.2, -0.15) is 16.4 Å². The molecule has 5 heterocycles. The lowest BCUT2D eigenvalue weighted by Gasteiger charge is -2.24. The molecule has 7 rings (SSSR count). The Hall–Kier alpha value is -4.37. The molecule has 3 N–H and O–H groups in total. The Bertz CT molecular complexity index is 1800. The van der Waals surface area contributed by atoms with E-state index in [9.17, 15) is 4.79 Å². The molecule has 0 saturated heterocycles. The van der Waals surface area contributed by atoms with Crippen LogP contribution in [0.2, 0.25) is 0 Å². The summed E-state index contributed by atoms with van der Waals surface area (Å²) in [5.41, 5.74) is 9.13. The number of benzene rings is 1. The average Bonchev–Trinajstić information content (AvgIpc) is 3.66. The van der Waals surface area contributed by atoms with Crippen LogP contribution in [0.1, 0.15) is 31.7 Å². The highest BCUT2D eigenvalue weighted by molar-refractivity contribution is 7.08. The van der Waals surface area contributed by atoms with E-state index < -0.39 is 0 Å². The molecular weight excluding hydrogens is 494 g/mol. The second-order valence-electron chi connectivity index (χ2n) is 9.76. The summed E-state index contributed by atoms with van der Waals surface area (Å²) in [6.45, 7) is 2.12. The van der Waals surface area contributed by atoms with Gasteiger partial charge in [0.1, 0.15) is 11.2 Å². The number of imidazole rings is 1. The summed E-state index contributed by atoms with van der Waals surface area (Å²) in [5, 5.41) is 15.7. The third kappa shape index (κ3) is 3.95. The predicted octanol–water partition coefficient (Wildman–Crippen LogP) is 6.59. The van der Waals surface area contributed by atoms with E-state index in [-0.39, 0.29) is 11.8 Å². The van der Waals surface area contributed by atoms with Crippen molar-refractivity contribution in [3.8, 4) is 33.8 Å². The normalized spacial score (nSPS) is 13.7. The molecule has 1 fully saturated rings. The smallest absolute Gasteiger partial charge is 0.227 e. The number of H-pyrrole nitrogens is 2. The summed E-state index contributed by atoms with van der Waals surface area (Å²) < 4.78 is 0. The summed E-state index contributed by atoms with van der Waals surface area (Å²) in [5.74, 6) is 0.929. The highest BCUT2D eigenvalue weighted by Gasteiger charge is 2.25. The number of amides is 1. The Kier molecular flexibility index (Phi) is 5.51. The zero-order chi connectivity index (χ0) is 25.6. The third-order valence-corrected chi connectivity index (χ3v) is 8.03. The second-order valence-corrected chi connectivity index (χ2v) is 10.5. The number of rotatable bonds is 6. The van der Waals surface area contributed by atoms with Crippen molar-refractivity contribution in [2.45, 2.75) is 32.6 Å². The van der Waals surface area contributed by atoms with Gasteiger partial charge in [0.25, 0.3) is 0 Å². The van der Waals surface area contributed by atoms with Gasteiger partial charge in [-0.15, -0.1) is 0 Å². The fourth-order valence-corrected chi connectivity index (χ4v) is 5.62. The molecule has 1 aromatic carbocycles. The molecule has 1 aliphatic rings. The summed E-state index contributed by atoms with van der Waals surface area (Å²) in [6, 6.07) is 10.4. The molecule has 0 atom stereocenters. The molecule has 1 saturated carbocycles. The Morgan fingerprint density at radius 3 is 2.82 bits per heavy atom. The van der Waals surface area contributed by atoms with Gasteiger partial charge in [0, 0.05) is 35.1 Å². The van der Waals surface area contributed by atoms with Crippen molar-refractivity contribution in [3.05, 3.63) is 65.2 Å². The first-order valence-corrected chi connectivity index (χ1v) is 13.8. The fourth-order valence-electron chi connectivity index (χ4n) is 4.97. The summed E-state index contributed by atoms with van der Waals surface area (Å²) >= 11 is 1.65. The van der Waals surface area contributed by atoms with Crippen LogP contribution >= 0.6 is 11.3 Å². The van der Waals surface area contributed by atoms with Gasteiger partial charge in [0.2, 0.25) is 5.91 Å². The molecule has 5 aromatic heterocycles. The van der Waals surface area contributed by atoms with Crippen LogP contribution in [0.25, 0.3) is 55.8 Å². The van der Waals surface area contributed by atoms with Gasteiger partial charge in [-0.3, -0.25) is 14.9 Å². The summed E-state index contributed by atoms with van der Waals surface area (Å²) in [6.07, 6.45) is 9.42. The molecule has 1 amide bonds. The number of anilines is 1. The number of hydrogen-bond acceptors (Lipinski definition) is 6. The van der Waals surface area contributed by atoms with Gasteiger partial charge in [-0.1, -0.05) is 19.4 Å². The number of carbonyl (C=O) groups excluding carboxylic acids is 1. The van der Waals surface area contributed by atoms with E-state index in [1.807, 2.05) is 18.5 Å². The van der Waals surface area contributed by atoms with Crippen LogP contribution in [-0.4, -0.2) is 36.0 Å². The SMILES string of the molecule is CCc1cc(NC(=O)C2CCC2)cc(-c2cnc3n[nH]c(-c4nc5c(-c6ccsc6)cncc5[nH]4)c3c2)c1. The number of aromatic nitrogens is 6. The number of nitrogens with zero attached hydrogens (tertiary/aromatic N) is 4. The van der Waals surface area contributed by atoms with Crippen molar-refractivity contribution in [1.29, 1.82) is 0 Å². The number of thiophene rings is 1. The van der Waals surface area contributed by atoms with Gasteiger partial charge in [0.15, 0.2) is 11.5 Å². The van der Waals surface area contributed by atoms with Crippen molar-refractivity contribution in [3.63, 3.8) is 0 Å². The van der Waals surface area contributed by atoms with E-state index in [0.29, 0.717) is 11.5 Å². The Balaban J connectivity index is 1.29. The number of hydrogen-bond donors (Lipinski definition) is 3. The maximum Gasteiger partial charge on any atom is 0.227 e. The van der Waals surface area contributed by atoms with E-state index in [0.717, 1.165) is 81.3 Å². The Labute approximate surface area is 222 Å². The summed E-state index contributed by atoms with van der Waals surface area (Å²) in [4.78, 5) is 30.0. The monoisotopic (exact) mass is 519 g/mol. The molecule has 0 bridgehead atoms. The molecule has 0 unspecified atom stereocenters. The van der Waals surface area contributed by atoms with E-state index in [2.05, 4.69) is 72.4 Å². The minimum absolute atomic E-state index is 0.113. The van der Waals surface area contributed by atoms with Crippen LogP contribution in [0.3, 0.4) is 0 Å². The minimum Gasteiger partial charge on any atom is -0.335 e. The molecule has 1 aliphatic carbocycles. The second kappa shape index (κ2) is 9.18. The lowest BCUT2D eigenvalue weighted by molar-refractivity contribution is -0.122. The number of aromatic amines is 2. The van der Waals surface area contributed by atoms with Gasteiger partial charge < -0.3 is 10.3 Å². The number of aryl methyl sites for hydroxylation is 1. The lowest BCUT2D eigenvalue weighted by atomic mass is 9.85. The molecule has 0 spiro atoms. The minimum atomic E-state index is 0.113. The van der Waals surface area contributed by atoms with E-state index in [1.165, 1.54) is 0 Å². The van der Waals surface area contributed by atoms with Crippen LogP contribution in [0.4, 0.5) is 5.69 Å². The maximum absolute atomic E-state index is 12.6. The van der Waals surface area contributed by atoms with Crippen LogP contribution in [0.15, 0.2) is 59.7 Å². The molecule has 8 nitrogen and oxygen atoms in total. The van der Waals surface area contributed by atoms with E-state index in [4.69, 9.17) is 4.98 Å². The molecule has 6 aromatic rings. The standard InChI is InChI=1S/C29H25N7OS/c1-2-16-8-19(10-21(9-16)32-29(37)17-4-3-5-17)20-11-22-26(35-36-27(22)31-12-20)28-33-24-14-30-13-23(25(24)34-28)18-6-7-38-15-18/h6-15,17H,2-5H2,1H3,(H,32,37)(H,33,34)(H,31,35,36). The molecule has 9 heteroatoms. The Morgan fingerprint density at radius 2 is 2.03 bits per heavy atom. The number of pyridine rings is 2. The van der Waals surface area contributed by atoms with E-state index >= 15 is 0 Å². The first-order valence-electron chi connectivity index (χ1n) is 12.8. The predicted molar refractivity (Wildman–Crippen MR) is 151 cm³/mol. The fraction of sp³-hybridized carbons (Fsp3) is 0.207. The zero-order valence-electron chi connectivity index (χ0n) is 20.8. The molecule has 38 heavy (non-hydrogen) atoms. The zero-order valence-corrected chi connectivity index (χ0v) is 21.6. The third-order valence-electron chi connectivity index (χ3n) is 7.35. The van der Waals surface area contributed by atoms with Crippen molar-refractivity contribution in [1.82, 2.24) is 30.1 Å². The van der Waals surface area contributed by atoms with Crippen LogP contribution in [0, 0.1) is 5.92 Å². The quantitative estimate of drug-likeness (QED) is 0.230. The van der Waals surface area contributed by atoms with E-state index in [1.54, 1.807) is 17.5 Å². The lowest BCUT2D eigenvalue weighted by Crippen LogP contribution is -2.28. The van der Waals surface area contributed by atoms with Gasteiger partial charge >= 0.3 is 0 Å². The molecule has 0 radical (unpaired) electrons. The highest BCUT2D eigenvalue weighted by atomic mass is 32.1. The van der Waals surface area contributed by atoms with Gasteiger partial charge in [0.05, 0.1) is 17.1 Å². The molecule has 0 aliphatic heterocycles. The topological polar surface area (TPSA) is 112 Å². The van der Waals surface area contributed by atoms with Crippen molar-refractivity contribution in [2.24, 2.45) is 5.92 Å². The molecular formula is C29H25N7OS. The van der Waals surface area contributed by atoms with Crippen molar-refractivity contribution in [2.75, 3.05) is 5.32 Å². The largest absolute Gasteiger partial charge is 0.335 e. The number of fused-ring (bicyclic) bond motifs is 2. The van der Waals surface area contributed by atoms with Crippen molar-refractivity contribution < 1.29 is 4.79 Å². The average molecular weight is 520 g/mol. The highest BCUT2D eigenvalue weighted by Crippen LogP contribution is 2.34. The number of nitrogens with one attached hydrogen (secondary N) is 3. The van der Waals surface area contributed by atoms with Crippen LogP contribution in [-0.2, 0) is 11.2 Å².